The van der Waals surface area contributed by atoms with Gasteiger partial charge in [0.1, 0.15) is 6.10 Å². The Morgan fingerprint density at radius 2 is 1.45 bits per heavy atom. The minimum Gasteiger partial charge on any atom is -0.466 e. The molecule has 0 aliphatic rings. The molecular weight excluding hydrogens is 256 g/mol. The lowest BCUT2D eigenvalue weighted by Crippen LogP contribution is -2.16. The van der Waals surface area contributed by atoms with Gasteiger partial charge >= 0.3 is 11.9 Å². The summed E-state index contributed by atoms with van der Waals surface area (Å²) in [7, 11) is 0. The van der Waals surface area contributed by atoms with Gasteiger partial charge < -0.3 is 9.47 Å². The van der Waals surface area contributed by atoms with Crippen molar-refractivity contribution in [1.29, 1.82) is 0 Å². The summed E-state index contributed by atoms with van der Waals surface area (Å²) in [6, 6.07) is 0. The van der Waals surface area contributed by atoms with E-state index in [0.717, 1.165) is 44.9 Å². The molecule has 0 aromatic heterocycles. The van der Waals surface area contributed by atoms with Crippen molar-refractivity contribution in [1.82, 2.24) is 0 Å². The summed E-state index contributed by atoms with van der Waals surface area (Å²) in [6.07, 6.45) is 9.61. The van der Waals surface area contributed by atoms with Crippen LogP contribution in [0.15, 0.2) is 0 Å². The van der Waals surface area contributed by atoms with Gasteiger partial charge in [0.2, 0.25) is 0 Å². The van der Waals surface area contributed by atoms with Crippen LogP contribution in [0, 0.1) is 0 Å². The first-order valence-electron chi connectivity index (χ1n) is 7.86. The maximum atomic E-state index is 11.1. The molecule has 0 unspecified atom stereocenters. The maximum Gasteiger partial charge on any atom is 0.302 e. The summed E-state index contributed by atoms with van der Waals surface area (Å²) in [5.41, 5.74) is 0. The van der Waals surface area contributed by atoms with Gasteiger partial charge in [-0.2, -0.15) is 0 Å². The van der Waals surface area contributed by atoms with E-state index in [1.54, 1.807) is 0 Å². The van der Waals surface area contributed by atoms with Gasteiger partial charge in [0.05, 0.1) is 6.61 Å². The van der Waals surface area contributed by atoms with Crippen LogP contribution < -0.4 is 0 Å². The van der Waals surface area contributed by atoms with Crippen LogP contribution >= 0.6 is 0 Å². The predicted molar refractivity (Wildman–Crippen MR) is 79.4 cm³/mol. The number of rotatable bonds is 12. The topological polar surface area (TPSA) is 52.6 Å². The Kier molecular flexibility index (Phi) is 12.3. The second-order valence-corrected chi connectivity index (χ2v) is 5.27. The van der Waals surface area contributed by atoms with E-state index in [-0.39, 0.29) is 18.0 Å². The van der Waals surface area contributed by atoms with Gasteiger partial charge in [0.15, 0.2) is 0 Å². The van der Waals surface area contributed by atoms with Gasteiger partial charge in [-0.3, -0.25) is 9.59 Å². The standard InChI is InChI=1S/C16H30O4/c1-4-5-8-11-16(20-15(3)18)12-9-6-7-10-13-19-14(2)17/h16H,4-13H2,1-3H3/t16-/m0/s1. The zero-order chi connectivity index (χ0) is 15.2. The average molecular weight is 286 g/mol. The van der Waals surface area contributed by atoms with E-state index >= 15 is 0 Å². The highest BCUT2D eigenvalue weighted by Gasteiger charge is 2.11. The van der Waals surface area contributed by atoms with Crippen molar-refractivity contribution in [3.63, 3.8) is 0 Å². The van der Waals surface area contributed by atoms with Crippen molar-refractivity contribution in [2.24, 2.45) is 0 Å². The molecule has 0 N–H and O–H groups in total. The van der Waals surface area contributed by atoms with Crippen molar-refractivity contribution in [2.45, 2.75) is 84.7 Å². The van der Waals surface area contributed by atoms with E-state index in [4.69, 9.17) is 9.47 Å². The smallest absolute Gasteiger partial charge is 0.302 e. The first-order chi connectivity index (χ1) is 9.56. The lowest BCUT2D eigenvalue weighted by molar-refractivity contribution is -0.147. The Morgan fingerprint density at radius 1 is 0.850 bits per heavy atom. The van der Waals surface area contributed by atoms with Crippen LogP contribution in [-0.4, -0.2) is 24.6 Å². The molecule has 20 heavy (non-hydrogen) atoms. The number of esters is 2. The molecule has 4 heteroatoms. The fraction of sp³-hybridized carbons (Fsp3) is 0.875. The third kappa shape index (κ3) is 13.4. The molecule has 0 aromatic carbocycles. The van der Waals surface area contributed by atoms with Crippen LogP contribution in [0.4, 0.5) is 0 Å². The first-order valence-corrected chi connectivity index (χ1v) is 7.86. The lowest BCUT2D eigenvalue weighted by atomic mass is 10.0. The van der Waals surface area contributed by atoms with Crippen molar-refractivity contribution in [3.8, 4) is 0 Å². The summed E-state index contributed by atoms with van der Waals surface area (Å²) < 4.78 is 10.2. The molecule has 0 spiro atoms. The first kappa shape index (κ1) is 18.9. The Labute approximate surface area is 123 Å². The van der Waals surface area contributed by atoms with Crippen LogP contribution in [-0.2, 0) is 19.1 Å². The Hall–Kier alpha value is -1.06. The summed E-state index contributed by atoms with van der Waals surface area (Å²) in [5.74, 6) is -0.391. The fourth-order valence-corrected chi connectivity index (χ4v) is 2.16. The van der Waals surface area contributed by atoms with Crippen LogP contribution in [0.25, 0.3) is 0 Å². The molecule has 1 atom stereocenters. The molecule has 4 nitrogen and oxygen atoms in total. The van der Waals surface area contributed by atoms with E-state index < -0.39 is 0 Å². The second kappa shape index (κ2) is 12.9. The highest BCUT2D eigenvalue weighted by molar-refractivity contribution is 5.66. The van der Waals surface area contributed by atoms with Gasteiger partial charge in [-0.05, 0) is 32.1 Å². The Bertz CT molecular complexity index is 263. The van der Waals surface area contributed by atoms with Gasteiger partial charge in [0.25, 0.3) is 0 Å². The minimum absolute atomic E-state index is 0.0764. The van der Waals surface area contributed by atoms with Crippen LogP contribution in [0.3, 0.4) is 0 Å². The quantitative estimate of drug-likeness (QED) is 0.402. The van der Waals surface area contributed by atoms with E-state index in [2.05, 4.69) is 6.92 Å². The molecule has 0 heterocycles. The molecule has 118 valence electrons. The van der Waals surface area contributed by atoms with Crippen molar-refractivity contribution in [2.75, 3.05) is 6.61 Å². The zero-order valence-corrected chi connectivity index (χ0v) is 13.3. The lowest BCUT2D eigenvalue weighted by Gasteiger charge is -2.16. The molecular formula is C16H30O4. The Balaban J connectivity index is 3.62. The van der Waals surface area contributed by atoms with Gasteiger partial charge in [-0.25, -0.2) is 0 Å². The molecule has 0 saturated carbocycles. The highest BCUT2D eigenvalue weighted by Crippen LogP contribution is 2.15. The molecule has 0 aliphatic carbocycles. The largest absolute Gasteiger partial charge is 0.466 e. The van der Waals surface area contributed by atoms with Crippen molar-refractivity contribution < 1.29 is 19.1 Å². The number of carbonyl (C=O) groups is 2. The zero-order valence-electron chi connectivity index (χ0n) is 13.3. The molecule has 0 saturated heterocycles. The van der Waals surface area contributed by atoms with Crippen LogP contribution in [0.1, 0.15) is 78.6 Å². The summed E-state index contributed by atoms with van der Waals surface area (Å²) >= 11 is 0. The third-order valence-corrected chi connectivity index (χ3v) is 3.19. The van der Waals surface area contributed by atoms with E-state index in [1.165, 1.54) is 26.7 Å². The van der Waals surface area contributed by atoms with E-state index in [1.807, 2.05) is 0 Å². The molecule has 0 fully saturated rings. The summed E-state index contributed by atoms with van der Waals surface area (Å²) in [6.45, 7) is 5.59. The van der Waals surface area contributed by atoms with Crippen LogP contribution in [0.2, 0.25) is 0 Å². The number of hydrogen-bond donors (Lipinski definition) is 0. The molecule has 0 amide bonds. The summed E-state index contributed by atoms with van der Waals surface area (Å²) in [5, 5.41) is 0. The van der Waals surface area contributed by atoms with Crippen molar-refractivity contribution in [3.05, 3.63) is 0 Å². The van der Waals surface area contributed by atoms with Crippen LogP contribution in [0.5, 0.6) is 0 Å². The number of hydrogen-bond acceptors (Lipinski definition) is 4. The second-order valence-electron chi connectivity index (χ2n) is 5.27. The number of carbonyl (C=O) groups excluding carboxylic acids is 2. The summed E-state index contributed by atoms with van der Waals surface area (Å²) in [4.78, 5) is 21.6. The Morgan fingerprint density at radius 3 is 2.00 bits per heavy atom. The number of unbranched alkanes of at least 4 members (excludes halogenated alkanes) is 5. The molecule has 0 aliphatic heterocycles. The SMILES string of the molecule is CCCCC[C@@H](CCCCCCOC(C)=O)OC(C)=O. The van der Waals surface area contributed by atoms with Gasteiger partial charge in [0, 0.05) is 13.8 Å². The average Bonchev–Trinajstić information content (AvgIpc) is 2.36. The molecule has 0 bridgehead atoms. The predicted octanol–water partition coefficient (Wildman–Crippen LogP) is 4.01. The monoisotopic (exact) mass is 286 g/mol. The van der Waals surface area contributed by atoms with E-state index in [9.17, 15) is 9.59 Å². The highest BCUT2D eigenvalue weighted by atomic mass is 16.5. The third-order valence-electron chi connectivity index (χ3n) is 3.19. The van der Waals surface area contributed by atoms with Crippen molar-refractivity contribution >= 4 is 11.9 Å². The van der Waals surface area contributed by atoms with Gasteiger partial charge in [-0.15, -0.1) is 0 Å². The fourth-order valence-electron chi connectivity index (χ4n) is 2.16. The molecule has 0 radical (unpaired) electrons. The van der Waals surface area contributed by atoms with Gasteiger partial charge in [-0.1, -0.05) is 32.6 Å². The number of ether oxygens (including phenoxy) is 2. The molecule has 0 rings (SSSR count). The normalized spacial score (nSPS) is 11.9. The molecule has 0 aromatic rings. The van der Waals surface area contributed by atoms with E-state index in [0.29, 0.717) is 6.61 Å². The maximum absolute atomic E-state index is 11.1. The minimum atomic E-state index is -0.212.